The molecule has 47 heavy (non-hydrogen) atoms. The molecule has 2 N–H and O–H groups in total. The van der Waals surface area contributed by atoms with Crippen LogP contribution >= 0.6 is 0 Å². The Hall–Kier alpha value is -0.979. The maximum absolute atomic E-state index is 7.79. The lowest BCUT2D eigenvalue weighted by atomic mass is 10.0. The molecule has 0 aliphatic carbocycles. The lowest BCUT2D eigenvalue weighted by Gasteiger charge is -2.52. The third kappa shape index (κ3) is 8.33. The summed E-state index contributed by atoms with van der Waals surface area (Å²) in [4.78, 5) is 4.28. The highest BCUT2D eigenvalue weighted by atomic mass is 28.4. The van der Waals surface area contributed by atoms with E-state index in [0.29, 0.717) is 62.2 Å². The van der Waals surface area contributed by atoms with Crippen LogP contribution < -0.4 is 5.73 Å². The van der Waals surface area contributed by atoms with Gasteiger partial charge in [-0.2, -0.15) is 0 Å². The summed E-state index contributed by atoms with van der Waals surface area (Å²) in [5.74, 6) is 0.749. The fraction of sp³-hybridized carbons (Fsp3) is 0.816. The first-order chi connectivity index (χ1) is 21.6. The van der Waals surface area contributed by atoms with Gasteiger partial charge in [0, 0.05) is 11.8 Å². The van der Waals surface area contributed by atoms with Gasteiger partial charge in [-0.15, -0.1) is 0 Å². The topological polar surface area (TPSA) is 75.8 Å². The Morgan fingerprint density at radius 3 is 1.43 bits per heavy atom. The second-order valence-corrected chi connectivity index (χ2v) is 33.4. The fourth-order valence-corrected chi connectivity index (χ4v) is 26.4. The van der Waals surface area contributed by atoms with Gasteiger partial charge in [0.15, 0.2) is 0 Å². The molecule has 9 heteroatoms. The van der Waals surface area contributed by atoms with Crippen LogP contribution in [0, 0.1) is 0 Å². The van der Waals surface area contributed by atoms with Crippen molar-refractivity contribution in [3.63, 3.8) is 0 Å². The standard InChI is InChI=1S/C38H74N2O4Si3/c1-24(2)45(25(3)4,26(5)6)41-23-37-38(44-47(30(13)14,31(15)16)32(17)18)36(43-46(27(7)8,28(9)10)29(11)12)21-35(42-37)33-19-20-40-22-34(33)39/h19-22,24-32,36-38H,23,39H2,1-18H3/t36-,37-,38+/m1/s1. The quantitative estimate of drug-likeness (QED) is 0.163. The summed E-state index contributed by atoms with van der Waals surface area (Å²) in [7, 11) is -6.91. The molecule has 0 unspecified atom stereocenters. The van der Waals surface area contributed by atoms with Gasteiger partial charge < -0.3 is 23.7 Å². The van der Waals surface area contributed by atoms with Crippen LogP contribution in [-0.2, 0) is 18.0 Å². The number of anilines is 1. The number of aromatic nitrogens is 1. The van der Waals surface area contributed by atoms with E-state index in [1.165, 1.54) is 0 Å². The van der Waals surface area contributed by atoms with E-state index < -0.39 is 25.0 Å². The Bertz CT molecular complexity index is 1080. The van der Waals surface area contributed by atoms with Gasteiger partial charge in [-0.05, 0) is 62.0 Å². The maximum atomic E-state index is 7.79. The van der Waals surface area contributed by atoms with Crippen LogP contribution in [0.25, 0.3) is 5.76 Å². The van der Waals surface area contributed by atoms with E-state index in [4.69, 9.17) is 23.7 Å². The largest absolute Gasteiger partial charge is 0.485 e. The molecule has 0 spiro atoms. The Kier molecular flexibility index (Phi) is 15.1. The normalized spacial score (nSPS) is 20.2. The number of rotatable bonds is 17. The SMILES string of the molecule is CC(C)[Si](OC[C@H]1OC(c2ccncc2N)=C[C@@H](O[Si](C(C)C)(C(C)C)C(C)C)[C@@H]1O[Si](C(C)C)(C(C)C)C(C)C)(C(C)C)C(C)C. The molecule has 2 heterocycles. The Balaban J connectivity index is 2.94. The van der Waals surface area contributed by atoms with Crippen LogP contribution in [0.5, 0.6) is 0 Å². The van der Waals surface area contributed by atoms with Crippen molar-refractivity contribution in [2.45, 2.75) is 193 Å². The molecule has 0 saturated carbocycles. The predicted molar refractivity (Wildman–Crippen MR) is 210 cm³/mol. The smallest absolute Gasteiger partial charge is 0.201 e. The fourth-order valence-electron chi connectivity index (χ4n) is 9.90. The first-order valence-corrected chi connectivity index (χ1v) is 25.1. The van der Waals surface area contributed by atoms with E-state index in [2.05, 4.69) is 136 Å². The number of nitrogens with zero attached hydrogens (tertiary/aromatic N) is 1. The molecule has 1 aromatic rings. The monoisotopic (exact) mass is 706 g/mol. The molecular weight excluding hydrogens is 633 g/mol. The molecule has 3 atom stereocenters. The van der Waals surface area contributed by atoms with Crippen molar-refractivity contribution in [1.82, 2.24) is 4.98 Å². The number of hydrogen-bond acceptors (Lipinski definition) is 6. The van der Waals surface area contributed by atoms with Crippen molar-refractivity contribution >= 4 is 36.4 Å². The van der Waals surface area contributed by atoms with Gasteiger partial charge in [0.2, 0.25) is 25.0 Å². The minimum Gasteiger partial charge on any atom is -0.485 e. The second kappa shape index (κ2) is 16.8. The zero-order valence-electron chi connectivity index (χ0n) is 33.6. The van der Waals surface area contributed by atoms with E-state index in [9.17, 15) is 0 Å². The minimum absolute atomic E-state index is 0.296. The van der Waals surface area contributed by atoms with Crippen molar-refractivity contribution in [3.05, 3.63) is 30.1 Å². The molecule has 0 radical (unpaired) electrons. The van der Waals surface area contributed by atoms with Crippen molar-refractivity contribution < 1.29 is 18.0 Å². The van der Waals surface area contributed by atoms with Gasteiger partial charge in [0.1, 0.15) is 18.0 Å². The Labute approximate surface area is 293 Å². The molecular formula is C38H74N2O4Si3. The van der Waals surface area contributed by atoms with E-state index >= 15 is 0 Å². The molecule has 2 rings (SSSR count). The van der Waals surface area contributed by atoms with Crippen LogP contribution in [-0.4, -0.2) is 54.9 Å². The van der Waals surface area contributed by atoms with Gasteiger partial charge >= 0.3 is 0 Å². The van der Waals surface area contributed by atoms with Crippen molar-refractivity contribution in [1.29, 1.82) is 0 Å². The number of nitrogens with two attached hydrogens (primary N) is 1. The molecule has 0 bridgehead atoms. The van der Waals surface area contributed by atoms with E-state index in [-0.39, 0.29) is 18.3 Å². The van der Waals surface area contributed by atoms with Crippen LogP contribution in [0.2, 0.25) is 49.9 Å². The number of pyridine rings is 1. The minimum atomic E-state index is -2.36. The van der Waals surface area contributed by atoms with Crippen LogP contribution in [0.1, 0.15) is 130 Å². The average Bonchev–Trinajstić information content (AvgIpc) is 2.93. The highest BCUT2D eigenvalue weighted by Crippen LogP contribution is 2.49. The number of hydrogen-bond donors (Lipinski definition) is 1. The maximum Gasteiger partial charge on any atom is 0.201 e. The lowest BCUT2D eigenvalue weighted by molar-refractivity contribution is -0.0619. The molecule has 0 amide bonds. The van der Waals surface area contributed by atoms with Gasteiger partial charge in [0.25, 0.3) is 0 Å². The van der Waals surface area contributed by atoms with Crippen LogP contribution in [0.15, 0.2) is 24.5 Å². The van der Waals surface area contributed by atoms with Crippen LogP contribution in [0.3, 0.4) is 0 Å². The molecule has 0 fully saturated rings. The summed E-state index contributed by atoms with van der Waals surface area (Å²) in [6.45, 7) is 42.9. The second-order valence-electron chi connectivity index (χ2n) is 17.1. The summed E-state index contributed by atoms with van der Waals surface area (Å²) in [6.07, 6.45) is 4.74. The molecule has 0 saturated heterocycles. The third-order valence-corrected chi connectivity index (χ3v) is 30.0. The van der Waals surface area contributed by atoms with E-state index in [0.717, 1.165) is 11.3 Å². The third-order valence-electron chi connectivity index (χ3n) is 11.7. The van der Waals surface area contributed by atoms with Crippen molar-refractivity contribution in [2.75, 3.05) is 12.3 Å². The number of ether oxygens (including phenoxy) is 1. The highest BCUT2D eigenvalue weighted by Gasteiger charge is 2.55. The Morgan fingerprint density at radius 2 is 1.04 bits per heavy atom. The summed E-state index contributed by atoms with van der Waals surface area (Å²) in [5, 5.41) is 0. The summed E-state index contributed by atoms with van der Waals surface area (Å²) < 4.78 is 30.0. The highest BCUT2D eigenvalue weighted by molar-refractivity contribution is 6.78. The first kappa shape index (κ1) is 42.2. The molecule has 0 aromatic carbocycles. The molecule has 6 nitrogen and oxygen atoms in total. The molecule has 1 aliphatic rings. The molecule has 1 aliphatic heterocycles. The summed E-state index contributed by atoms with van der Waals surface area (Å²) in [6, 6.07) is 1.96. The number of nitrogen functional groups attached to an aromatic ring is 1. The summed E-state index contributed by atoms with van der Waals surface area (Å²) in [5.41, 5.74) is 11.9. The van der Waals surface area contributed by atoms with Crippen LogP contribution in [0.4, 0.5) is 5.69 Å². The van der Waals surface area contributed by atoms with Crippen molar-refractivity contribution in [2.24, 2.45) is 0 Å². The van der Waals surface area contributed by atoms with E-state index in [1.54, 1.807) is 12.4 Å². The van der Waals surface area contributed by atoms with Gasteiger partial charge in [0.05, 0.1) is 24.6 Å². The Morgan fingerprint density at radius 1 is 0.638 bits per heavy atom. The van der Waals surface area contributed by atoms with Gasteiger partial charge in [-0.25, -0.2) is 0 Å². The van der Waals surface area contributed by atoms with Gasteiger partial charge in [-0.1, -0.05) is 125 Å². The predicted octanol–water partition coefficient (Wildman–Crippen LogP) is 11.7. The zero-order chi connectivity index (χ0) is 36.2. The van der Waals surface area contributed by atoms with Gasteiger partial charge in [-0.3, -0.25) is 4.98 Å². The average molecular weight is 707 g/mol. The molecule has 272 valence electrons. The zero-order valence-corrected chi connectivity index (χ0v) is 36.6. The lowest BCUT2D eigenvalue weighted by Crippen LogP contribution is -2.61. The van der Waals surface area contributed by atoms with Crippen molar-refractivity contribution in [3.8, 4) is 0 Å². The molecule has 1 aromatic heterocycles. The summed E-state index contributed by atoms with van der Waals surface area (Å²) >= 11 is 0. The van der Waals surface area contributed by atoms with E-state index in [1.807, 2.05) is 6.07 Å². The first-order valence-electron chi connectivity index (χ1n) is 18.7.